The molecule has 23 heavy (non-hydrogen) atoms. The Morgan fingerprint density at radius 1 is 0.913 bits per heavy atom. The molecule has 3 heteroatoms. The molecular formula is C20H34N2Sn. The first-order valence-electron chi connectivity index (χ1n) is 9.62. The van der Waals surface area contributed by atoms with Crippen LogP contribution in [0.1, 0.15) is 65.0 Å². The third kappa shape index (κ3) is 4.32. The first-order valence-corrected chi connectivity index (χ1v) is 17.1. The summed E-state index contributed by atoms with van der Waals surface area (Å²) in [5.41, 5.74) is 2.49. The van der Waals surface area contributed by atoms with E-state index in [1.165, 1.54) is 57.5 Å². The maximum atomic E-state index is 4.92. The molecule has 0 saturated carbocycles. The Morgan fingerprint density at radius 3 is 2.00 bits per heavy atom. The summed E-state index contributed by atoms with van der Waals surface area (Å²) in [6.07, 6.45) is 10.5. The minimum atomic E-state index is -2.41. The maximum absolute atomic E-state index is 4.92. The van der Waals surface area contributed by atoms with Crippen molar-refractivity contribution in [1.82, 2.24) is 9.38 Å². The van der Waals surface area contributed by atoms with Crippen LogP contribution in [0.25, 0.3) is 5.65 Å². The molecule has 0 spiro atoms. The van der Waals surface area contributed by atoms with Crippen molar-refractivity contribution in [3.05, 3.63) is 30.1 Å². The van der Waals surface area contributed by atoms with Gasteiger partial charge in [0.1, 0.15) is 0 Å². The van der Waals surface area contributed by atoms with Crippen molar-refractivity contribution in [2.24, 2.45) is 0 Å². The van der Waals surface area contributed by atoms with E-state index < -0.39 is 18.4 Å². The van der Waals surface area contributed by atoms with Gasteiger partial charge in [0.05, 0.1) is 0 Å². The Morgan fingerprint density at radius 2 is 1.48 bits per heavy atom. The minimum absolute atomic E-state index is 1.16. The van der Waals surface area contributed by atoms with E-state index in [9.17, 15) is 0 Å². The molecule has 2 heterocycles. The monoisotopic (exact) mass is 422 g/mol. The topological polar surface area (TPSA) is 17.3 Å². The Hall–Kier alpha value is -0.511. The van der Waals surface area contributed by atoms with Gasteiger partial charge in [-0.1, -0.05) is 0 Å². The van der Waals surface area contributed by atoms with Gasteiger partial charge in [-0.15, -0.1) is 0 Å². The van der Waals surface area contributed by atoms with Crippen molar-refractivity contribution >= 4 is 27.7 Å². The molecule has 2 nitrogen and oxygen atoms in total. The van der Waals surface area contributed by atoms with Crippen LogP contribution in [-0.2, 0) is 0 Å². The van der Waals surface area contributed by atoms with Gasteiger partial charge in [-0.2, -0.15) is 0 Å². The molecule has 0 aliphatic heterocycles. The second kappa shape index (κ2) is 9.10. The predicted molar refractivity (Wildman–Crippen MR) is 104 cm³/mol. The van der Waals surface area contributed by atoms with Gasteiger partial charge in [-0.25, -0.2) is 0 Å². The number of pyridine rings is 1. The summed E-state index contributed by atoms with van der Waals surface area (Å²) in [4.78, 5) is 4.92. The zero-order valence-corrected chi connectivity index (χ0v) is 18.4. The molecule has 0 amide bonds. The van der Waals surface area contributed by atoms with Crippen LogP contribution in [0.3, 0.4) is 0 Å². The van der Waals surface area contributed by atoms with Gasteiger partial charge in [0.25, 0.3) is 0 Å². The van der Waals surface area contributed by atoms with Crippen molar-refractivity contribution in [1.29, 1.82) is 0 Å². The number of aromatic nitrogens is 2. The van der Waals surface area contributed by atoms with Gasteiger partial charge >= 0.3 is 147 Å². The molecule has 0 saturated heterocycles. The van der Waals surface area contributed by atoms with Crippen LogP contribution in [0.5, 0.6) is 0 Å². The Labute approximate surface area is 146 Å². The number of unbranched alkanes of at least 4 members (excludes halogenated alkanes) is 3. The first kappa shape index (κ1) is 18.8. The molecule has 0 fully saturated rings. The van der Waals surface area contributed by atoms with E-state index in [0.29, 0.717) is 0 Å². The van der Waals surface area contributed by atoms with Gasteiger partial charge in [0, 0.05) is 0 Å². The van der Waals surface area contributed by atoms with Crippen LogP contribution in [-0.4, -0.2) is 27.8 Å². The first-order chi connectivity index (χ1) is 11.2. The van der Waals surface area contributed by atoms with Crippen LogP contribution >= 0.6 is 0 Å². The van der Waals surface area contributed by atoms with Gasteiger partial charge in [0.15, 0.2) is 0 Å². The summed E-state index contributed by atoms with van der Waals surface area (Å²) in [6, 6.07) is 6.47. The second-order valence-electron chi connectivity index (χ2n) is 7.07. The number of aryl methyl sites for hydroxylation is 1. The van der Waals surface area contributed by atoms with Crippen LogP contribution in [0, 0.1) is 6.92 Å². The summed E-state index contributed by atoms with van der Waals surface area (Å²) in [6.45, 7) is 9.30. The Kier molecular flexibility index (Phi) is 7.45. The number of nitrogens with zero attached hydrogens (tertiary/aromatic N) is 2. The molecule has 2 rings (SSSR count). The van der Waals surface area contributed by atoms with Gasteiger partial charge in [-0.05, 0) is 0 Å². The quantitative estimate of drug-likeness (QED) is 0.450. The van der Waals surface area contributed by atoms with Crippen LogP contribution in [0.15, 0.2) is 24.4 Å². The SMILES string of the molecule is CCC[CH2][Sn]([CH2]CCC)([CH2]CCC)[c]1c(C)nc2ccccn12. The number of hydrogen-bond donors (Lipinski definition) is 0. The molecule has 0 atom stereocenters. The second-order valence-corrected chi connectivity index (χ2v) is 20.0. The fraction of sp³-hybridized carbons (Fsp3) is 0.650. The molecule has 0 aliphatic rings. The fourth-order valence-electron chi connectivity index (χ4n) is 4.03. The molecule has 0 unspecified atom stereocenters. The predicted octanol–water partition coefficient (Wildman–Crippen LogP) is 5.70. The van der Waals surface area contributed by atoms with Gasteiger partial charge in [-0.3, -0.25) is 0 Å². The Balaban J connectivity index is 2.53. The summed E-state index contributed by atoms with van der Waals surface area (Å²) in [5, 5.41) is 0. The zero-order valence-electron chi connectivity index (χ0n) is 15.6. The summed E-state index contributed by atoms with van der Waals surface area (Å²) in [7, 11) is 0. The number of rotatable bonds is 10. The van der Waals surface area contributed by atoms with Crippen LogP contribution in [0.2, 0.25) is 13.3 Å². The zero-order chi connectivity index (χ0) is 16.7. The van der Waals surface area contributed by atoms with Crippen LogP contribution < -0.4 is 3.71 Å². The molecule has 0 bridgehead atoms. The van der Waals surface area contributed by atoms with E-state index in [2.05, 4.69) is 56.5 Å². The van der Waals surface area contributed by atoms with E-state index in [4.69, 9.17) is 4.98 Å². The van der Waals surface area contributed by atoms with E-state index in [1.54, 1.807) is 3.71 Å². The average molecular weight is 421 g/mol. The average Bonchev–Trinajstić information content (AvgIpc) is 2.91. The molecule has 2 aromatic rings. The van der Waals surface area contributed by atoms with E-state index in [0.717, 1.165) is 5.65 Å². The van der Waals surface area contributed by atoms with E-state index >= 15 is 0 Å². The van der Waals surface area contributed by atoms with Gasteiger partial charge < -0.3 is 0 Å². The fourth-order valence-corrected chi connectivity index (χ4v) is 21.4. The molecule has 2 aromatic heterocycles. The van der Waals surface area contributed by atoms with E-state index in [-0.39, 0.29) is 0 Å². The van der Waals surface area contributed by atoms with Crippen molar-refractivity contribution < 1.29 is 0 Å². The molecule has 0 radical (unpaired) electrons. The van der Waals surface area contributed by atoms with Crippen molar-refractivity contribution in [2.75, 3.05) is 0 Å². The summed E-state index contributed by atoms with van der Waals surface area (Å²) < 4.78 is 8.69. The standard InChI is InChI=1S/C8H7N2.3C4H9.Sn/c1-7-6-10-5-3-2-4-8(10)9-7;3*1-3-4-2;/h2-5H,1H3;3*1,3-4H2,2H3;. The molecule has 128 valence electrons. The number of imidazole rings is 1. The summed E-state index contributed by atoms with van der Waals surface area (Å²) >= 11 is -2.41. The third-order valence-corrected chi connectivity index (χ3v) is 21.0. The van der Waals surface area contributed by atoms with Gasteiger partial charge in [0.2, 0.25) is 0 Å². The normalized spacial score (nSPS) is 12.2. The molecule has 0 aromatic carbocycles. The number of fused-ring (bicyclic) bond motifs is 1. The molecule has 0 N–H and O–H groups in total. The van der Waals surface area contributed by atoms with Crippen molar-refractivity contribution in [3.8, 4) is 0 Å². The van der Waals surface area contributed by atoms with Crippen LogP contribution in [0.4, 0.5) is 0 Å². The van der Waals surface area contributed by atoms with E-state index in [1.807, 2.05) is 0 Å². The van der Waals surface area contributed by atoms with Crippen molar-refractivity contribution in [2.45, 2.75) is 79.5 Å². The number of hydrogen-bond acceptors (Lipinski definition) is 1. The molecular weight excluding hydrogens is 387 g/mol. The third-order valence-electron chi connectivity index (χ3n) is 5.23. The summed E-state index contributed by atoms with van der Waals surface area (Å²) in [5.74, 6) is 0. The Bertz CT molecular complexity index is 581. The molecule has 0 aliphatic carbocycles. The van der Waals surface area contributed by atoms with Crippen molar-refractivity contribution in [3.63, 3.8) is 0 Å².